The number of fused-ring (bicyclic) bond motifs is 5. The van der Waals surface area contributed by atoms with Crippen LogP contribution in [-0.2, 0) is 0 Å². The summed E-state index contributed by atoms with van der Waals surface area (Å²) in [6.07, 6.45) is 10.2. The monoisotopic (exact) mass is 439 g/mol. The van der Waals surface area contributed by atoms with Crippen molar-refractivity contribution in [2.45, 2.75) is 6.92 Å². The number of dihydropyridines is 1. The number of benzene rings is 3. The number of hydrogen-bond acceptors (Lipinski definition) is 2. The van der Waals surface area contributed by atoms with Crippen LogP contribution in [0.2, 0.25) is 0 Å². The number of para-hydroxylation sites is 1. The lowest BCUT2D eigenvalue weighted by molar-refractivity contribution is 1.00. The van der Waals surface area contributed by atoms with Crippen LogP contribution in [-0.4, -0.2) is 16.1 Å². The van der Waals surface area contributed by atoms with Gasteiger partial charge in [-0.15, -0.1) is 0 Å². The number of rotatable bonds is 4. The van der Waals surface area contributed by atoms with E-state index in [4.69, 9.17) is 0 Å². The molecule has 3 nitrogen and oxygen atoms in total. The van der Waals surface area contributed by atoms with Gasteiger partial charge in [-0.2, -0.15) is 0 Å². The highest BCUT2D eigenvalue weighted by atomic mass is 15.0. The molecule has 1 N–H and O–H groups in total. The highest BCUT2D eigenvalue weighted by molar-refractivity contribution is 6.19. The summed E-state index contributed by atoms with van der Waals surface area (Å²) in [4.78, 5) is 4.47. The van der Waals surface area contributed by atoms with E-state index in [0.717, 1.165) is 23.6 Å². The van der Waals surface area contributed by atoms with E-state index in [1.165, 1.54) is 43.7 Å². The molecule has 0 spiro atoms. The first-order valence-corrected chi connectivity index (χ1v) is 11.6. The smallest absolute Gasteiger partial charge is 0.0679 e. The molecule has 0 amide bonds. The molecule has 0 radical (unpaired) electrons. The summed E-state index contributed by atoms with van der Waals surface area (Å²) in [6, 6.07) is 25.8. The van der Waals surface area contributed by atoms with Crippen molar-refractivity contribution in [1.82, 2.24) is 14.9 Å². The van der Waals surface area contributed by atoms with Gasteiger partial charge in [0.05, 0.1) is 16.7 Å². The van der Waals surface area contributed by atoms with Crippen molar-refractivity contribution >= 4 is 49.5 Å². The van der Waals surface area contributed by atoms with Crippen molar-refractivity contribution in [2.75, 3.05) is 6.54 Å². The number of allylic oxidation sites excluding steroid dienone is 5. The lowest BCUT2D eigenvalue weighted by atomic mass is 10.00. The number of nitrogens with one attached hydrogen (secondary N) is 1. The summed E-state index contributed by atoms with van der Waals surface area (Å²) in [7, 11) is 0. The first-order chi connectivity index (χ1) is 16.8. The van der Waals surface area contributed by atoms with Gasteiger partial charge >= 0.3 is 0 Å². The Morgan fingerprint density at radius 2 is 1.79 bits per heavy atom. The van der Waals surface area contributed by atoms with Gasteiger partial charge in [0.1, 0.15) is 0 Å². The maximum Gasteiger partial charge on any atom is 0.0679 e. The zero-order valence-electron chi connectivity index (χ0n) is 19.1. The van der Waals surface area contributed by atoms with Crippen molar-refractivity contribution < 1.29 is 0 Å². The first-order valence-electron chi connectivity index (χ1n) is 11.6. The molecule has 0 bridgehead atoms. The molecular weight excluding hydrogens is 414 g/mol. The van der Waals surface area contributed by atoms with E-state index in [9.17, 15) is 0 Å². The van der Waals surface area contributed by atoms with Crippen LogP contribution in [0.5, 0.6) is 0 Å². The third-order valence-electron chi connectivity index (χ3n) is 6.64. The fourth-order valence-corrected chi connectivity index (χ4v) is 4.98. The second kappa shape index (κ2) is 8.20. The van der Waals surface area contributed by atoms with Crippen molar-refractivity contribution in [1.29, 1.82) is 0 Å². The molecule has 3 heteroatoms. The second-order valence-electron chi connectivity index (χ2n) is 8.51. The predicted octanol–water partition coefficient (Wildman–Crippen LogP) is 7.42. The molecule has 1 aliphatic rings. The quantitative estimate of drug-likeness (QED) is 0.295. The molecule has 34 heavy (non-hydrogen) atoms. The maximum atomic E-state index is 4.47. The van der Waals surface area contributed by atoms with E-state index in [0.29, 0.717) is 0 Å². The largest absolute Gasteiger partial charge is 0.380 e. The Morgan fingerprint density at radius 3 is 2.56 bits per heavy atom. The molecule has 6 rings (SSSR count). The van der Waals surface area contributed by atoms with Gasteiger partial charge in [0.15, 0.2) is 0 Å². The topological polar surface area (TPSA) is 29.9 Å². The lowest BCUT2D eigenvalue weighted by Gasteiger charge is -2.18. The molecule has 0 saturated carbocycles. The molecule has 5 aromatic rings. The number of aromatic nitrogens is 2. The minimum atomic E-state index is 0.762. The average molecular weight is 440 g/mol. The summed E-state index contributed by atoms with van der Waals surface area (Å²) in [6.45, 7) is 6.90. The summed E-state index contributed by atoms with van der Waals surface area (Å²) < 4.78 is 2.33. The van der Waals surface area contributed by atoms with Gasteiger partial charge in [0.2, 0.25) is 0 Å². The van der Waals surface area contributed by atoms with Crippen LogP contribution in [0.15, 0.2) is 110 Å². The fourth-order valence-electron chi connectivity index (χ4n) is 4.98. The van der Waals surface area contributed by atoms with Crippen LogP contribution in [0.1, 0.15) is 18.2 Å². The molecule has 3 heterocycles. The zero-order chi connectivity index (χ0) is 23.1. The SMILES string of the molecule is C=C/C(=C\C)n1c2ccccc2c2ccc3cc(C4=CC=C(c5ccccn5)CN4)ccc3c21. The van der Waals surface area contributed by atoms with E-state index in [-0.39, 0.29) is 0 Å². The molecule has 0 fully saturated rings. The van der Waals surface area contributed by atoms with Gasteiger partial charge in [0, 0.05) is 40.3 Å². The highest BCUT2D eigenvalue weighted by Crippen LogP contribution is 2.37. The molecule has 164 valence electrons. The Hall–Kier alpha value is -4.37. The van der Waals surface area contributed by atoms with Crippen LogP contribution < -0.4 is 5.32 Å². The third-order valence-corrected chi connectivity index (χ3v) is 6.64. The van der Waals surface area contributed by atoms with Crippen LogP contribution in [0.4, 0.5) is 0 Å². The van der Waals surface area contributed by atoms with Gasteiger partial charge in [-0.1, -0.05) is 67.3 Å². The average Bonchev–Trinajstić information content (AvgIpc) is 3.25. The van der Waals surface area contributed by atoms with E-state index < -0.39 is 0 Å². The molecule has 0 aliphatic carbocycles. The summed E-state index contributed by atoms with van der Waals surface area (Å²) in [5.41, 5.74) is 8.03. The standard InChI is InChI=1S/C31H25N3/c1-3-24(4-2)34-30-11-6-5-9-26(30)27-16-12-21-19-22(13-15-25(21)31(27)34)29-17-14-23(20-33-29)28-10-7-8-18-32-28/h3-19,33H,1,20H2,2H3/b24-4+. The number of hydrogen-bond donors (Lipinski definition) is 1. The van der Waals surface area contributed by atoms with Gasteiger partial charge < -0.3 is 9.88 Å². The van der Waals surface area contributed by atoms with Crippen molar-refractivity contribution in [3.63, 3.8) is 0 Å². The van der Waals surface area contributed by atoms with E-state index in [2.05, 4.69) is 107 Å². The lowest BCUT2D eigenvalue weighted by Crippen LogP contribution is -2.18. The van der Waals surface area contributed by atoms with Gasteiger partial charge in [-0.3, -0.25) is 4.98 Å². The van der Waals surface area contributed by atoms with Crippen LogP contribution in [0, 0.1) is 0 Å². The predicted molar refractivity (Wildman–Crippen MR) is 145 cm³/mol. The van der Waals surface area contributed by atoms with Crippen LogP contribution in [0.25, 0.3) is 49.5 Å². The first kappa shape index (κ1) is 20.3. The molecule has 1 aliphatic heterocycles. The summed E-state index contributed by atoms with van der Waals surface area (Å²) >= 11 is 0. The van der Waals surface area contributed by atoms with E-state index >= 15 is 0 Å². The second-order valence-corrected chi connectivity index (χ2v) is 8.51. The maximum absolute atomic E-state index is 4.47. The Kier molecular flexibility index (Phi) is 4.88. The van der Waals surface area contributed by atoms with Gasteiger partial charge in [-0.05, 0) is 59.9 Å². The van der Waals surface area contributed by atoms with Crippen molar-refractivity contribution in [3.05, 3.63) is 121 Å². The van der Waals surface area contributed by atoms with Crippen LogP contribution >= 0.6 is 0 Å². The van der Waals surface area contributed by atoms with Crippen LogP contribution in [0.3, 0.4) is 0 Å². The normalized spacial score (nSPS) is 14.2. The minimum absolute atomic E-state index is 0.762. The Balaban J connectivity index is 1.51. The summed E-state index contributed by atoms with van der Waals surface area (Å²) in [5.74, 6) is 0. The molecule has 0 saturated heterocycles. The molecule has 2 aromatic heterocycles. The molecular formula is C31H25N3. The zero-order valence-corrected chi connectivity index (χ0v) is 19.1. The van der Waals surface area contributed by atoms with Crippen molar-refractivity contribution in [2.24, 2.45) is 0 Å². The Morgan fingerprint density at radius 1 is 0.941 bits per heavy atom. The molecule has 0 unspecified atom stereocenters. The number of pyridine rings is 1. The summed E-state index contributed by atoms with van der Waals surface area (Å²) in [5, 5.41) is 8.55. The highest BCUT2D eigenvalue weighted by Gasteiger charge is 2.16. The van der Waals surface area contributed by atoms with Gasteiger partial charge in [0.25, 0.3) is 0 Å². The fraction of sp³-hybridized carbons (Fsp3) is 0.0645. The van der Waals surface area contributed by atoms with E-state index in [1.54, 1.807) is 0 Å². The van der Waals surface area contributed by atoms with Crippen molar-refractivity contribution in [3.8, 4) is 0 Å². The Labute approximate surface area is 199 Å². The van der Waals surface area contributed by atoms with Gasteiger partial charge in [-0.25, -0.2) is 0 Å². The Bertz CT molecular complexity index is 1660. The molecule has 0 atom stereocenters. The van der Waals surface area contributed by atoms with E-state index in [1.807, 2.05) is 24.4 Å². The number of nitrogens with zero attached hydrogens (tertiary/aromatic N) is 2. The molecule has 3 aromatic carbocycles. The third kappa shape index (κ3) is 3.17. The minimum Gasteiger partial charge on any atom is -0.380 e.